The quantitative estimate of drug-likeness (QED) is 0.892. The van der Waals surface area contributed by atoms with Crippen molar-refractivity contribution >= 4 is 5.95 Å². The first-order valence-electron chi connectivity index (χ1n) is 6.55. The Labute approximate surface area is 112 Å². The molecule has 2 heterocycles. The van der Waals surface area contributed by atoms with Gasteiger partial charge < -0.3 is 5.73 Å². The zero-order valence-corrected chi connectivity index (χ0v) is 11.0. The van der Waals surface area contributed by atoms with Crippen molar-refractivity contribution in [1.29, 1.82) is 0 Å². The number of tetrazole rings is 1. The van der Waals surface area contributed by atoms with Gasteiger partial charge in [0.25, 0.3) is 0 Å². The van der Waals surface area contributed by atoms with Crippen molar-refractivity contribution in [3.05, 3.63) is 35.9 Å². The molecule has 1 aliphatic rings. The van der Waals surface area contributed by atoms with Crippen molar-refractivity contribution in [2.45, 2.75) is 32.0 Å². The maximum Gasteiger partial charge on any atom is 0.240 e. The fourth-order valence-electron chi connectivity index (χ4n) is 2.74. The second kappa shape index (κ2) is 4.97. The molecule has 3 rings (SSSR count). The summed E-state index contributed by atoms with van der Waals surface area (Å²) in [4.78, 5) is 2.45. The first-order valence-corrected chi connectivity index (χ1v) is 6.55. The smallest absolute Gasteiger partial charge is 0.240 e. The Balaban J connectivity index is 1.70. The summed E-state index contributed by atoms with van der Waals surface area (Å²) in [6.07, 6.45) is 1.03. The number of likely N-dealkylation sites (tertiary alicyclic amines) is 1. The highest BCUT2D eigenvalue weighted by atomic mass is 15.6. The number of nitrogens with zero attached hydrogens (tertiary/aromatic N) is 5. The normalized spacial score (nSPS) is 23.8. The van der Waals surface area contributed by atoms with Crippen LogP contribution in [0.3, 0.4) is 0 Å². The molecule has 6 heteroatoms. The van der Waals surface area contributed by atoms with Crippen LogP contribution in [0.2, 0.25) is 0 Å². The molecule has 2 N–H and O–H groups in total. The number of anilines is 1. The molecule has 1 aromatic heterocycles. The van der Waals surface area contributed by atoms with E-state index in [4.69, 9.17) is 5.73 Å². The molecule has 2 aromatic rings. The van der Waals surface area contributed by atoms with Crippen molar-refractivity contribution in [2.75, 3.05) is 12.3 Å². The Morgan fingerprint density at radius 1 is 1.32 bits per heavy atom. The molecule has 0 saturated carbocycles. The molecule has 19 heavy (non-hydrogen) atoms. The van der Waals surface area contributed by atoms with Crippen LogP contribution in [0.5, 0.6) is 0 Å². The molecule has 2 atom stereocenters. The Hall–Kier alpha value is -1.95. The average Bonchev–Trinajstić information content (AvgIpc) is 2.98. The molecule has 1 aromatic carbocycles. The minimum absolute atomic E-state index is 0.272. The maximum atomic E-state index is 5.77. The van der Waals surface area contributed by atoms with Gasteiger partial charge in [-0.2, -0.15) is 0 Å². The molecule has 0 radical (unpaired) electrons. The molecule has 0 amide bonds. The second-order valence-corrected chi connectivity index (χ2v) is 5.14. The van der Waals surface area contributed by atoms with Gasteiger partial charge in [-0.1, -0.05) is 35.4 Å². The Bertz CT molecular complexity index is 537. The molecular formula is C13H18N6. The van der Waals surface area contributed by atoms with Crippen LogP contribution in [0.25, 0.3) is 0 Å². The Morgan fingerprint density at radius 3 is 2.79 bits per heavy atom. The van der Waals surface area contributed by atoms with Crippen molar-refractivity contribution in [1.82, 2.24) is 25.1 Å². The van der Waals surface area contributed by atoms with Gasteiger partial charge >= 0.3 is 0 Å². The third-order valence-corrected chi connectivity index (χ3v) is 3.77. The van der Waals surface area contributed by atoms with E-state index >= 15 is 0 Å². The van der Waals surface area contributed by atoms with E-state index in [1.54, 1.807) is 4.68 Å². The topological polar surface area (TPSA) is 72.9 Å². The Morgan fingerprint density at radius 2 is 2.11 bits per heavy atom. The largest absolute Gasteiger partial charge is 0.367 e. The van der Waals surface area contributed by atoms with Crippen molar-refractivity contribution < 1.29 is 0 Å². The molecule has 1 fully saturated rings. The lowest BCUT2D eigenvalue weighted by atomic mass is 10.2. The molecule has 100 valence electrons. The molecule has 1 saturated heterocycles. The number of rotatable bonds is 3. The van der Waals surface area contributed by atoms with Gasteiger partial charge in [0.2, 0.25) is 5.95 Å². The molecule has 0 spiro atoms. The number of aromatic nitrogens is 4. The van der Waals surface area contributed by atoms with E-state index < -0.39 is 0 Å². The predicted molar refractivity (Wildman–Crippen MR) is 72.2 cm³/mol. The first kappa shape index (κ1) is 12.1. The number of benzene rings is 1. The summed E-state index contributed by atoms with van der Waals surface area (Å²) in [5, 5.41) is 11.4. The lowest BCUT2D eigenvalue weighted by molar-refractivity contribution is 0.254. The summed E-state index contributed by atoms with van der Waals surface area (Å²) in [6.45, 7) is 4.13. The zero-order valence-electron chi connectivity index (χ0n) is 11.0. The van der Waals surface area contributed by atoms with Gasteiger partial charge in [-0.3, -0.25) is 4.90 Å². The van der Waals surface area contributed by atoms with Crippen molar-refractivity contribution in [3.8, 4) is 0 Å². The monoisotopic (exact) mass is 258 g/mol. The molecule has 1 aliphatic heterocycles. The van der Waals surface area contributed by atoms with Crippen LogP contribution >= 0.6 is 0 Å². The van der Waals surface area contributed by atoms with E-state index in [-0.39, 0.29) is 6.04 Å². The highest BCUT2D eigenvalue weighted by Gasteiger charge is 2.31. The van der Waals surface area contributed by atoms with Crippen LogP contribution in [0.1, 0.15) is 24.9 Å². The maximum absolute atomic E-state index is 5.77. The summed E-state index contributed by atoms with van der Waals surface area (Å²) in [7, 11) is 0. The minimum Gasteiger partial charge on any atom is -0.367 e. The zero-order chi connectivity index (χ0) is 13.2. The Kier molecular flexibility index (Phi) is 3.16. The molecule has 6 nitrogen and oxygen atoms in total. The summed E-state index contributed by atoms with van der Waals surface area (Å²) in [6, 6.07) is 11.3. The SMILES string of the molecule is CC1CC(n2nnnc2N)CN1Cc1ccccc1. The summed E-state index contributed by atoms with van der Waals surface area (Å²) in [5.74, 6) is 0.402. The van der Waals surface area contributed by atoms with E-state index in [1.165, 1.54) is 5.56 Å². The van der Waals surface area contributed by atoms with E-state index in [0.717, 1.165) is 19.5 Å². The van der Waals surface area contributed by atoms with Gasteiger partial charge in [0, 0.05) is 19.1 Å². The van der Waals surface area contributed by atoms with Crippen LogP contribution in [-0.4, -0.2) is 37.7 Å². The third-order valence-electron chi connectivity index (χ3n) is 3.77. The lowest BCUT2D eigenvalue weighted by Crippen LogP contribution is -2.27. The highest BCUT2D eigenvalue weighted by molar-refractivity contribution is 5.16. The molecular weight excluding hydrogens is 240 g/mol. The standard InChI is InChI=1S/C13H18N6/c1-10-7-12(19-13(14)15-16-17-19)9-18(10)8-11-5-3-2-4-6-11/h2-6,10,12H,7-9H2,1H3,(H2,14,15,17). The number of nitrogens with two attached hydrogens (primary N) is 1. The van der Waals surface area contributed by atoms with E-state index in [0.29, 0.717) is 12.0 Å². The minimum atomic E-state index is 0.272. The fourth-order valence-corrected chi connectivity index (χ4v) is 2.74. The highest BCUT2D eigenvalue weighted by Crippen LogP contribution is 2.28. The summed E-state index contributed by atoms with van der Waals surface area (Å²) in [5.41, 5.74) is 7.11. The van der Waals surface area contributed by atoms with E-state index in [1.807, 2.05) is 6.07 Å². The fraction of sp³-hybridized carbons (Fsp3) is 0.462. The van der Waals surface area contributed by atoms with Crippen LogP contribution in [0, 0.1) is 0 Å². The van der Waals surface area contributed by atoms with Gasteiger partial charge in [0.05, 0.1) is 6.04 Å². The van der Waals surface area contributed by atoms with E-state index in [9.17, 15) is 0 Å². The molecule has 2 unspecified atom stereocenters. The van der Waals surface area contributed by atoms with Crippen LogP contribution in [-0.2, 0) is 6.54 Å². The number of nitrogen functional groups attached to an aromatic ring is 1. The molecule has 0 aliphatic carbocycles. The van der Waals surface area contributed by atoms with Gasteiger partial charge in [-0.05, 0) is 29.3 Å². The third kappa shape index (κ3) is 2.44. The second-order valence-electron chi connectivity index (χ2n) is 5.14. The van der Waals surface area contributed by atoms with Crippen LogP contribution in [0.15, 0.2) is 30.3 Å². The average molecular weight is 258 g/mol. The van der Waals surface area contributed by atoms with Gasteiger partial charge in [-0.15, -0.1) is 0 Å². The van der Waals surface area contributed by atoms with Crippen LogP contribution < -0.4 is 5.73 Å². The van der Waals surface area contributed by atoms with Gasteiger partial charge in [0.1, 0.15) is 0 Å². The molecule has 0 bridgehead atoms. The van der Waals surface area contributed by atoms with Crippen LogP contribution in [0.4, 0.5) is 5.95 Å². The summed E-state index contributed by atoms with van der Waals surface area (Å²) >= 11 is 0. The first-order chi connectivity index (χ1) is 9.24. The summed E-state index contributed by atoms with van der Waals surface area (Å²) < 4.78 is 1.74. The predicted octanol–water partition coefficient (Wildman–Crippen LogP) is 1.09. The van der Waals surface area contributed by atoms with E-state index in [2.05, 4.69) is 51.6 Å². The van der Waals surface area contributed by atoms with Crippen molar-refractivity contribution in [3.63, 3.8) is 0 Å². The lowest BCUT2D eigenvalue weighted by Gasteiger charge is -2.20. The van der Waals surface area contributed by atoms with Crippen molar-refractivity contribution in [2.24, 2.45) is 0 Å². The van der Waals surface area contributed by atoms with Gasteiger partial charge in [-0.25, -0.2) is 4.68 Å². The number of hydrogen-bond donors (Lipinski definition) is 1. The number of hydrogen-bond acceptors (Lipinski definition) is 5. The van der Waals surface area contributed by atoms with Gasteiger partial charge in [0.15, 0.2) is 0 Å².